The van der Waals surface area contributed by atoms with Crippen LogP contribution in [0.15, 0.2) is 42.5 Å². The molecule has 33 heavy (non-hydrogen) atoms. The van der Waals surface area contributed by atoms with Crippen molar-refractivity contribution in [3.05, 3.63) is 48.0 Å². The SMILES string of the molecule is C=C1C(=O)N(c2cc(OC)c(OC)c(OC)c2)C1c1ccc(OC)c(OCC(=O)OCC)c1. The van der Waals surface area contributed by atoms with Crippen molar-refractivity contribution >= 4 is 17.6 Å². The number of rotatable bonds is 10. The van der Waals surface area contributed by atoms with E-state index in [1.165, 1.54) is 28.4 Å². The van der Waals surface area contributed by atoms with Crippen molar-refractivity contribution in [2.45, 2.75) is 13.0 Å². The van der Waals surface area contributed by atoms with Crippen LogP contribution in [0.1, 0.15) is 18.5 Å². The maximum absolute atomic E-state index is 12.8. The van der Waals surface area contributed by atoms with Crippen LogP contribution in [0.25, 0.3) is 0 Å². The fourth-order valence-electron chi connectivity index (χ4n) is 3.62. The highest BCUT2D eigenvalue weighted by Gasteiger charge is 2.43. The smallest absolute Gasteiger partial charge is 0.344 e. The van der Waals surface area contributed by atoms with E-state index in [1.54, 1.807) is 36.1 Å². The summed E-state index contributed by atoms with van der Waals surface area (Å²) >= 11 is 0. The second kappa shape index (κ2) is 10.2. The molecule has 9 heteroatoms. The van der Waals surface area contributed by atoms with Crippen LogP contribution < -0.4 is 28.6 Å². The van der Waals surface area contributed by atoms with Gasteiger partial charge in [-0.15, -0.1) is 0 Å². The molecule has 2 aromatic carbocycles. The van der Waals surface area contributed by atoms with Gasteiger partial charge in [0.05, 0.1) is 46.8 Å². The number of hydrogen-bond acceptors (Lipinski definition) is 8. The average molecular weight is 457 g/mol. The normalized spacial score (nSPS) is 14.9. The summed E-state index contributed by atoms with van der Waals surface area (Å²) in [7, 11) is 6.02. The fourth-order valence-corrected chi connectivity index (χ4v) is 3.62. The number of nitrogens with zero attached hydrogens (tertiary/aromatic N) is 1. The molecule has 176 valence electrons. The molecule has 1 unspecified atom stereocenters. The van der Waals surface area contributed by atoms with Gasteiger partial charge < -0.3 is 28.4 Å². The van der Waals surface area contributed by atoms with Gasteiger partial charge in [-0.3, -0.25) is 9.69 Å². The first-order valence-corrected chi connectivity index (χ1v) is 10.2. The molecule has 1 aliphatic heterocycles. The van der Waals surface area contributed by atoms with Gasteiger partial charge in [-0.25, -0.2) is 4.79 Å². The van der Waals surface area contributed by atoms with E-state index in [9.17, 15) is 9.59 Å². The van der Waals surface area contributed by atoms with Crippen LogP contribution in [0.2, 0.25) is 0 Å². The van der Waals surface area contributed by atoms with E-state index in [0.29, 0.717) is 40.0 Å². The highest BCUT2D eigenvalue weighted by atomic mass is 16.6. The first-order valence-electron chi connectivity index (χ1n) is 10.2. The van der Waals surface area contributed by atoms with E-state index in [4.69, 9.17) is 28.4 Å². The molecule has 2 aromatic rings. The molecular formula is C24H27NO8. The number of methoxy groups -OCH3 is 4. The van der Waals surface area contributed by atoms with Gasteiger partial charge in [0.15, 0.2) is 29.6 Å². The van der Waals surface area contributed by atoms with Gasteiger partial charge in [0.2, 0.25) is 5.75 Å². The summed E-state index contributed by atoms with van der Waals surface area (Å²) < 4.78 is 32.1. The Morgan fingerprint density at radius 2 is 1.58 bits per heavy atom. The Labute approximate surface area is 192 Å². The molecular weight excluding hydrogens is 430 g/mol. The molecule has 0 bridgehead atoms. The molecule has 0 spiro atoms. The molecule has 0 aliphatic carbocycles. The number of hydrogen-bond donors (Lipinski definition) is 0. The summed E-state index contributed by atoms with van der Waals surface area (Å²) in [6.45, 7) is 5.65. The zero-order valence-electron chi connectivity index (χ0n) is 19.3. The van der Waals surface area contributed by atoms with Crippen molar-refractivity contribution in [2.24, 2.45) is 0 Å². The second-order valence-corrected chi connectivity index (χ2v) is 6.99. The fraction of sp³-hybridized carbons (Fsp3) is 0.333. The molecule has 0 saturated carbocycles. The molecule has 1 amide bonds. The largest absolute Gasteiger partial charge is 0.493 e. The van der Waals surface area contributed by atoms with E-state index in [2.05, 4.69) is 6.58 Å². The lowest BCUT2D eigenvalue weighted by Gasteiger charge is -2.42. The van der Waals surface area contributed by atoms with Crippen LogP contribution >= 0.6 is 0 Å². The lowest BCUT2D eigenvalue weighted by Crippen LogP contribution is -2.48. The first kappa shape index (κ1) is 23.8. The van der Waals surface area contributed by atoms with E-state index in [1.807, 2.05) is 6.07 Å². The monoisotopic (exact) mass is 457 g/mol. The quantitative estimate of drug-likeness (QED) is 0.305. The summed E-state index contributed by atoms with van der Waals surface area (Å²) in [5.41, 5.74) is 1.69. The Balaban J connectivity index is 1.97. The van der Waals surface area contributed by atoms with Gasteiger partial charge in [0.25, 0.3) is 5.91 Å². The summed E-state index contributed by atoms with van der Waals surface area (Å²) in [5.74, 6) is 1.32. The Morgan fingerprint density at radius 3 is 2.12 bits per heavy atom. The lowest BCUT2D eigenvalue weighted by atomic mass is 9.88. The molecule has 1 heterocycles. The molecule has 1 aliphatic rings. The Morgan fingerprint density at radius 1 is 0.939 bits per heavy atom. The molecule has 1 fully saturated rings. The van der Waals surface area contributed by atoms with E-state index < -0.39 is 12.0 Å². The topological polar surface area (TPSA) is 92.8 Å². The third-order valence-corrected chi connectivity index (χ3v) is 5.16. The Hall–Kier alpha value is -3.88. The molecule has 0 aromatic heterocycles. The van der Waals surface area contributed by atoms with Gasteiger partial charge in [-0.05, 0) is 24.6 Å². The Kier molecular flexibility index (Phi) is 7.32. The number of carbonyl (C=O) groups excluding carboxylic acids is 2. The maximum atomic E-state index is 12.8. The van der Waals surface area contributed by atoms with E-state index in [0.717, 1.165) is 5.56 Å². The highest BCUT2D eigenvalue weighted by molar-refractivity contribution is 6.15. The minimum absolute atomic E-state index is 0.237. The number of amides is 1. The van der Waals surface area contributed by atoms with Gasteiger partial charge >= 0.3 is 5.97 Å². The van der Waals surface area contributed by atoms with Gasteiger partial charge in [-0.1, -0.05) is 12.6 Å². The summed E-state index contributed by atoms with van der Waals surface area (Å²) in [4.78, 5) is 26.1. The number of benzene rings is 2. The zero-order chi connectivity index (χ0) is 24.1. The molecule has 3 rings (SSSR count). The second-order valence-electron chi connectivity index (χ2n) is 6.99. The van der Waals surface area contributed by atoms with Crippen molar-refractivity contribution < 1.29 is 38.0 Å². The van der Waals surface area contributed by atoms with Crippen molar-refractivity contribution in [1.29, 1.82) is 0 Å². The predicted octanol–water partition coefficient (Wildman–Crippen LogP) is 3.31. The van der Waals surface area contributed by atoms with Crippen molar-refractivity contribution in [2.75, 3.05) is 46.6 Å². The summed E-state index contributed by atoms with van der Waals surface area (Å²) in [6.07, 6.45) is 0. The third-order valence-electron chi connectivity index (χ3n) is 5.16. The standard InChI is InChI=1S/C24H27NO8/c1-7-32-21(26)13-33-18-10-15(8-9-17(18)28-3)22-14(2)24(27)25(22)16-11-19(29-4)23(31-6)20(12-16)30-5/h8-12,22H,2,7,13H2,1,3-6H3. The van der Waals surface area contributed by atoms with Gasteiger partial charge in [0, 0.05) is 17.7 Å². The molecule has 1 atom stereocenters. The molecule has 9 nitrogen and oxygen atoms in total. The van der Waals surface area contributed by atoms with E-state index in [-0.39, 0.29) is 19.1 Å². The van der Waals surface area contributed by atoms with Crippen LogP contribution in [-0.2, 0) is 14.3 Å². The molecule has 0 radical (unpaired) electrons. The summed E-state index contributed by atoms with van der Waals surface area (Å²) in [5, 5.41) is 0. The average Bonchev–Trinajstić information content (AvgIpc) is 2.84. The number of esters is 1. The van der Waals surface area contributed by atoms with Crippen molar-refractivity contribution in [3.63, 3.8) is 0 Å². The summed E-state index contributed by atoms with van der Waals surface area (Å²) in [6, 6.07) is 8.16. The van der Waals surface area contributed by atoms with Crippen LogP contribution in [-0.4, -0.2) is 53.5 Å². The predicted molar refractivity (Wildman–Crippen MR) is 121 cm³/mol. The van der Waals surface area contributed by atoms with Crippen molar-refractivity contribution in [3.8, 4) is 28.7 Å². The zero-order valence-corrected chi connectivity index (χ0v) is 19.3. The number of β-lactam (4-membered cyclic amide) rings is 1. The number of ether oxygens (including phenoxy) is 6. The lowest BCUT2D eigenvalue weighted by molar-refractivity contribution is -0.145. The first-order chi connectivity index (χ1) is 15.9. The van der Waals surface area contributed by atoms with Crippen LogP contribution in [0, 0.1) is 0 Å². The number of carbonyl (C=O) groups is 2. The minimum Gasteiger partial charge on any atom is -0.493 e. The maximum Gasteiger partial charge on any atom is 0.344 e. The van der Waals surface area contributed by atoms with Gasteiger partial charge in [0.1, 0.15) is 0 Å². The highest BCUT2D eigenvalue weighted by Crippen LogP contribution is 2.48. The van der Waals surface area contributed by atoms with E-state index >= 15 is 0 Å². The third kappa shape index (κ3) is 4.52. The molecule has 0 N–H and O–H groups in total. The van der Waals surface area contributed by atoms with Gasteiger partial charge in [-0.2, -0.15) is 0 Å². The number of anilines is 1. The van der Waals surface area contributed by atoms with Crippen LogP contribution in [0.4, 0.5) is 5.69 Å². The molecule has 1 saturated heterocycles. The van der Waals surface area contributed by atoms with Crippen LogP contribution in [0.5, 0.6) is 28.7 Å². The van der Waals surface area contributed by atoms with Crippen molar-refractivity contribution in [1.82, 2.24) is 0 Å². The Bertz CT molecular complexity index is 1040. The minimum atomic E-state index is -0.493. The van der Waals surface area contributed by atoms with Crippen LogP contribution in [0.3, 0.4) is 0 Å².